The first-order valence-electron chi connectivity index (χ1n) is 8.68. The number of aliphatic hydroxyl groups is 1. The van der Waals surface area contributed by atoms with Crippen LogP contribution >= 0.6 is 0 Å². The zero-order chi connectivity index (χ0) is 18.6. The number of aliphatic carboxylic acids is 1. The van der Waals surface area contributed by atoms with E-state index in [0.29, 0.717) is 26.1 Å². The predicted octanol–water partition coefficient (Wildman–Crippen LogP) is 1.23. The van der Waals surface area contributed by atoms with Gasteiger partial charge >= 0.3 is 5.97 Å². The van der Waals surface area contributed by atoms with Crippen molar-refractivity contribution in [3.8, 4) is 0 Å². The summed E-state index contributed by atoms with van der Waals surface area (Å²) in [6, 6.07) is 5.63. The van der Waals surface area contributed by atoms with E-state index < -0.39 is 18.0 Å². The summed E-state index contributed by atoms with van der Waals surface area (Å²) in [7, 11) is 0. The molecule has 1 amide bonds. The third-order valence-corrected chi connectivity index (χ3v) is 4.56. The highest BCUT2D eigenvalue weighted by atomic mass is 16.4. The zero-order valence-electron chi connectivity index (χ0n) is 15.0. The summed E-state index contributed by atoms with van der Waals surface area (Å²) in [5.74, 6) is -1.56. The van der Waals surface area contributed by atoms with Gasteiger partial charge in [0, 0.05) is 31.9 Å². The number of carbonyl (C=O) groups is 2. The number of aliphatic hydroxyl groups excluding tert-OH is 1. The second-order valence-electron chi connectivity index (χ2n) is 7.03. The fraction of sp³-hybridized carbons (Fsp3) is 0.611. The second-order valence-corrected chi connectivity index (χ2v) is 7.03. The van der Waals surface area contributed by atoms with Gasteiger partial charge in [-0.05, 0) is 31.4 Å². The van der Waals surface area contributed by atoms with Crippen LogP contribution in [0.15, 0.2) is 24.4 Å². The van der Waals surface area contributed by atoms with Gasteiger partial charge in [-0.25, -0.2) is 9.78 Å². The van der Waals surface area contributed by atoms with Crippen molar-refractivity contribution in [1.82, 2.24) is 9.88 Å². The molecule has 7 heteroatoms. The number of aromatic nitrogens is 1. The lowest BCUT2D eigenvalue weighted by Crippen LogP contribution is -2.57. The van der Waals surface area contributed by atoms with Crippen molar-refractivity contribution in [1.29, 1.82) is 0 Å². The van der Waals surface area contributed by atoms with Crippen LogP contribution in [0.5, 0.6) is 0 Å². The minimum atomic E-state index is -1.67. The Morgan fingerprint density at radius 2 is 2.04 bits per heavy atom. The summed E-state index contributed by atoms with van der Waals surface area (Å²) in [6.45, 7) is 7.50. The van der Waals surface area contributed by atoms with Gasteiger partial charge in [0.05, 0.1) is 5.92 Å². The number of nitrogens with zero attached hydrogens (tertiary/aromatic N) is 3. The molecule has 2 N–H and O–H groups in total. The summed E-state index contributed by atoms with van der Waals surface area (Å²) in [6.07, 6.45) is 0.412. The molecule has 25 heavy (non-hydrogen) atoms. The average molecular weight is 349 g/mol. The van der Waals surface area contributed by atoms with Crippen LogP contribution in [0.1, 0.15) is 27.2 Å². The van der Waals surface area contributed by atoms with E-state index in [0.717, 1.165) is 5.82 Å². The van der Waals surface area contributed by atoms with Crippen molar-refractivity contribution in [3.05, 3.63) is 24.4 Å². The predicted molar refractivity (Wildman–Crippen MR) is 94.2 cm³/mol. The molecule has 138 valence electrons. The molecule has 1 aliphatic rings. The molecule has 1 aromatic rings. The van der Waals surface area contributed by atoms with Crippen LogP contribution in [0.2, 0.25) is 0 Å². The van der Waals surface area contributed by atoms with Crippen molar-refractivity contribution >= 4 is 17.7 Å². The van der Waals surface area contributed by atoms with E-state index in [4.69, 9.17) is 5.11 Å². The van der Waals surface area contributed by atoms with Crippen LogP contribution in [0.25, 0.3) is 0 Å². The number of amides is 1. The number of rotatable bonds is 6. The third-order valence-electron chi connectivity index (χ3n) is 4.56. The molecule has 3 atom stereocenters. The van der Waals surface area contributed by atoms with Crippen LogP contribution in [0, 0.1) is 11.8 Å². The van der Waals surface area contributed by atoms with E-state index in [1.807, 2.05) is 39.0 Å². The first kappa shape index (κ1) is 19.2. The molecule has 2 heterocycles. The fourth-order valence-electron chi connectivity index (χ4n) is 3.29. The summed E-state index contributed by atoms with van der Waals surface area (Å²) < 4.78 is 0. The van der Waals surface area contributed by atoms with Crippen molar-refractivity contribution in [2.75, 3.05) is 24.5 Å². The van der Waals surface area contributed by atoms with Gasteiger partial charge in [0.25, 0.3) is 0 Å². The average Bonchev–Trinajstić information content (AvgIpc) is 2.59. The Hall–Kier alpha value is -2.15. The fourth-order valence-corrected chi connectivity index (χ4v) is 3.29. The van der Waals surface area contributed by atoms with Gasteiger partial charge in [-0.3, -0.25) is 4.79 Å². The molecule has 0 radical (unpaired) electrons. The number of carboxylic acid groups (broad SMARTS) is 1. The van der Waals surface area contributed by atoms with Crippen LogP contribution in [-0.4, -0.2) is 63.8 Å². The zero-order valence-corrected chi connectivity index (χ0v) is 15.0. The Bertz CT molecular complexity index is 593. The monoisotopic (exact) mass is 349 g/mol. The van der Waals surface area contributed by atoms with E-state index in [2.05, 4.69) is 9.88 Å². The molecule has 0 bridgehead atoms. The standard InChI is InChI=1S/C18H27N3O4/c1-12(2)10-14(16(22)18(24)25)17(23)21-9-8-20(11-13(21)3)15-6-4-5-7-19-15/h4-7,12-14,16,22H,8-11H2,1-3H3,(H,24,25)/t13-,14+,16+/m1/s1. The number of hydrogen-bond acceptors (Lipinski definition) is 5. The van der Waals surface area contributed by atoms with Gasteiger partial charge in [0.2, 0.25) is 5.91 Å². The van der Waals surface area contributed by atoms with E-state index in [1.165, 1.54) is 0 Å². The SMILES string of the molecule is CC(C)C[C@H](C(=O)N1CCN(c2ccccn2)C[C@H]1C)[C@H](O)C(=O)O. The molecular weight excluding hydrogens is 322 g/mol. The number of hydrogen-bond donors (Lipinski definition) is 2. The molecule has 0 spiro atoms. The maximum atomic E-state index is 12.9. The summed E-state index contributed by atoms with van der Waals surface area (Å²) in [4.78, 5) is 32.2. The molecule has 0 aromatic carbocycles. The number of carbonyl (C=O) groups excluding carboxylic acids is 1. The van der Waals surface area contributed by atoms with Gasteiger partial charge in [0.15, 0.2) is 6.10 Å². The molecule has 1 aliphatic heterocycles. The molecule has 0 aliphatic carbocycles. The number of carboxylic acids is 1. The lowest BCUT2D eigenvalue weighted by molar-refractivity contribution is -0.158. The van der Waals surface area contributed by atoms with E-state index >= 15 is 0 Å². The molecule has 2 rings (SSSR count). The highest BCUT2D eigenvalue weighted by molar-refractivity contribution is 5.86. The van der Waals surface area contributed by atoms with Crippen LogP contribution in [-0.2, 0) is 9.59 Å². The van der Waals surface area contributed by atoms with Crippen molar-refractivity contribution < 1.29 is 19.8 Å². The van der Waals surface area contributed by atoms with Gasteiger partial charge in [0.1, 0.15) is 5.82 Å². The minimum Gasteiger partial charge on any atom is -0.479 e. The van der Waals surface area contributed by atoms with Gasteiger partial charge in [-0.2, -0.15) is 0 Å². The van der Waals surface area contributed by atoms with Crippen LogP contribution in [0.3, 0.4) is 0 Å². The minimum absolute atomic E-state index is 0.0843. The van der Waals surface area contributed by atoms with Gasteiger partial charge in [-0.1, -0.05) is 19.9 Å². The lowest BCUT2D eigenvalue weighted by Gasteiger charge is -2.42. The Labute approximate surface area is 148 Å². The smallest absolute Gasteiger partial charge is 0.333 e. The molecule has 1 fully saturated rings. The summed E-state index contributed by atoms with van der Waals surface area (Å²) in [5.41, 5.74) is 0. The number of pyridine rings is 1. The van der Waals surface area contributed by atoms with Gasteiger partial charge in [-0.15, -0.1) is 0 Å². The third kappa shape index (κ3) is 4.69. The largest absolute Gasteiger partial charge is 0.479 e. The normalized spacial score (nSPS) is 20.4. The van der Waals surface area contributed by atoms with Crippen molar-refractivity contribution in [2.24, 2.45) is 11.8 Å². The van der Waals surface area contributed by atoms with Crippen LogP contribution < -0.4 is 4.90 Å². The molecule has 7 nitrogen and oxygen atoms in total. The Morgan fingerprint density at radius 1 is 1.32 bits per heavy atom. The highest BCUT2D eigenvalue weighted by Crippen LogP contribution is 2.23. The quantitative estimate of drug-likeness (QED) is 0.802. The van der Waals surface area contributed by atoms with Crippen LogP contribution in [0.4, 0.5) is 5.82 Å². The van der Waals surface area contributed by atoms with Crippen molar-refractivity contribution in [2.45, 2.75) is 39.3 Å². The Balaban J connectivity index is 2.09. The first-order valence-corrected chi connectivity index (χ1v) is 8.68. The van der Waals surface area contributed by atoms with Gasteiger partial charge < -0.3 is 20.0 Å². The second kappa shape index (κ2) is 8.29. The first-order chi connectivity index (χ1) is 11.8. The van der Waals surface area contributed by atoms with Crippen molar-refractivity contribution in [3.63, 3.8) is 0 Å². The van der Waals surface area contributed by atoms with E-state index in [1.54, 1.807) is 11.1 Å². The maximum absolute atomic E-state index is 12.9. The molecular formula is C18H27N3O4. The maximum Gasteiger partial charge on any atom is 0.333 e. The molecule has 1 saturated heterocycles. The number of anilines is 1. The van der Waals surface area contributed by atoms with E-state index in [9.17, 15) is 14.7 Å². The summed E-state index contributed by atoms with van der Waals surface area (Å²) in [5, 5.41) is 19.1. The molecule has 1 aromatic heterocycles. The molecule has 0 saturated carbocycles. The Kier molecular flexibility index (Phi) is 6.36. The summed E-state index contributed by atoms with van der Waals surface area (Å²) >= 11 is 0. The van der Waals surface area contributed by atoms with E-state index in [-0.39, 0.29) is 17.9 Å². The molecule has 0 unspecified atom stereocenters. The Morgan fingerprint density at radius 3 is 2.56 bits per heavy atom. The number of piperazine rings is 1. The highest BCUT2D eigenvalue weighted by Gasteiger charge is 2.38. The topological polar surface area (TPSA) is 94.0 Å². The lowest BCUT2D eigenvalue weighted by atomic mass is 9.90.